The van der Waals surface area contributed by atoms with Crippen molar-refractivity contribution in [1.82, 2.24) is 0 Å². The Bertz CT molecular complexity index is 1360. The topological polar surface area (TPSA) is 46.5 Å². The van der Waals surface area contributed by atoms with Gasteiger partial charge in [0, 0.05) is 16.5 Å². The quantitative estimate of drug-likeness (QED) is 0.389. The summed E-state index contributed by atoms with van der Waals surface area (Å²) in [4.78, 5) is 13.4. The number of hydrogen-bond acceptors (Lipinski definition) is 3. The average molecular weight is 408 g/mol. The maximum Gasteiger partial charge on any atom is 0.339 e. The van der Waals surface area contributed by atoms with Gasteiger partial charge in [-0.15, -0.1) is 0 Å². The second-order valence-electron chi connectivity index (χ2n) is 8.90. The summed E-state index contributed by atoms with van der Waals surface area (Å²) in [6, 6.07) is 22.0. The Labute approximate surface area is 181 Å². The molecule has 2 aliphatic rings. The molecule has 0 heterocycles. The number of carbonyl (C=O) groups excluding carboxylic acids is 1. The monoisotopic (exact) mass is 408 g/mol. The van der Waals surface area contributed by atoms with Crippen LogP contribution in [0.15, 0.2) is 66.7 Å². The third-order valence-electron chi connectivity index (χ3n) is 7.34. The molecule has 3 heteroatoms. The zero-order chi connectivity index (χ0) is 21.2. The zero-order valence-corrected chi connectivity index (χ0v) is 17.5. The third-order valence-corrected chi connectivity index (χ3v) is 7.34. The van der Waals surface area contributed by atoms with Crippen molar-refractivity contribution in [3.05, 3.63) is 89.0 Å². The zero-order valence-electron chi connectivity index (χ0n) is 17.5. The number of rotatable bonds is 3. The van der Waals surface area contributed by atoms with E-state index in [1.54, 1.807) is 0 Å². The lowest BCUT2D eigenvalue weighted by atomic mass is 9.85. The Morgan fingerprint density at radius 1 is 1.03 bits per heavy atom. The Morgan fingerprint density at radius 2 is 1.81 bits per heavy atom. The minimum Gasteiger partial charge on any atom is -0.507 e. The van der Waals surface area contributed by atoms with Gasteiger partial charge in [0.25, 0.3) is 0 Å². The summed E-state index contributed by atoms with van der Waals surface area (Å²) >= 11 is 0. The highest BCUT2D eigenvalue weighted by atomic mass is 16.6. The number of ether oxygens (including phenoxy) is 1. The molecule has 6 rings (SSSR count). The number of hydrogen-bond donors (Lipinski definition) is 1. The van der Waals surface area contributed by atoms with Crippen LogP contribution in [0.1, 0.15) is 59.2 Å². The van der Waals surface area contributed by atoms with E-state index in [9.17, 15) is 9.90 Å². The number of fused-ring (bicyclic) bond motifs is 7. The molecule has 1 saturated carbocycles. The van der Waals surface area contributed by atoms with E-state index in [1.165, 1.54) is 5.56 Å². The Kier molecular flexibility index (Phi) is 3.92. The molecular weight excluding hydrogens is 384 g/mol. The molecule has 0 aromatic heterocycles. The highest BCUT2D eigenvalue weighted by Crippen LogP contribution is 2.61. The molecule has 0 spiro atoms. The van der Waals surface area contributed by atoms with Crippen LogP contribution >= 0.6 is 0 Å². The fourth-order valence-corrected chi connectivity index (χ4v) is 5.87. The first-order chi connectivity index (χ1) is 15.1. The lowest BCUT2D eigenvalue weighted by Crippen LogP contribution is -2.28. The molecule has 4 aromatic rings. The molecule has 1 fully saturated rings. The largest absolute Gasteiger partial charge is 0.507 e. The van der Waals surface area contributed by atoms with Gasteiger partial charge in [-0.25, -0.2) is 4.79 Å². The lowest BCUT2D eigenvalue weighted by Gasteiger charge is -2.30. The molecule has 3 nitrogen and oxygen atoms in total. The standard InChI is InChI=1S/C28H24O3/c1-2-17-8-5-11-21-23(17)15-24-25(26(21)29)19-13-14-28(24,16-19)31-27(30)22-12-6-9-18-7-3-4-10-20(18)22/h3-12,15,19,29H,2,13-14,16H2,1H3. The maximum absolute atomic E-state index is 13.4. The van der Waals surface area contributed by atoms with Crippen LogP contribution in [0.4, 0.5) is 0 Å². The van der Waals surface area contributed by atoms with Gasteiger partial charge in [-0.05, 0) is 65.5 Å². The van der Waals surface area contributed by atoms with Crippen molar-refractivity contribution in [3.8, 4) is 5.75 Å². The minimum atomic E-state index is -0.652. The molecule has 0 amide bonds. The first-order valence-electron chi connectivity index (χ1n) is 11.1. The Morgan fingerprint density at radius 3 is 2.68 bits per heavy atom. The van der Waals surface area contributed by atoms with E-state index in [2.05, 4.69) is 19.1 Å². The van der Waals surface area contributed by atoms with Gasteiger partial charge >= 0.3 is 5.97 Å². The summed E-state index contributed by atoms with van der Waals surface area (Å²) in [6.45, 7) is 2.13. The van der Waals surface area contributed by atoms with E-state index in [0.29, 0.717) is 11.3 Å². The van der Waals surface area contributed by atoms with Gasteiger partial charge in [0.15, 0.2) is 0 Å². The van der Waals surface area contributed by atoms with Gasteiger partial charge in [-0.3, -0.25) is 0 Å². The fraction of sp³-hybridized carbons (Fsp3) is 0.250. The van der Waals surface area contributed by atoms with Crippen LogP contribution in [0.2, 0.25) is 0 Å². The Balaban J connectivity index is 1.48. The second kappa shape index (κ2) is 6.58. The van der Waals surface area contributed by atoms with Crippen molar-refractivity contribution < 1.29 is 14.6 Å². The van der Waals surface area contributed by atoms with Crippen LogP contribution in [-0.2, 0) is 16.8 Å². The summed E-state index contributed by atoms with van der Waals surface area (Å²) in [5.74, 6) is 0.328. The van der Waals surface area contributed by atoms with Gasteiger partial charge < -0.3 is 9.84 Å². The first-order valence-corrected chi connectivity index (χ1v) is 11.1. The number of aromatic hydroxyl groups is 1. The molecule has 31 heavy (non-hydrogen) atoms. The number of aryl methyl sites for hydroxylation is 1. The van der Waals surface area contributed by atoms with Crippen molar-refractivity contribution in [2.45, 2.75) is 44.1 Å². The molecular formula is C28H24O3. The lowest BCUT2D eigenvalue weighted by molar-refractivity contribution is -0.0156. The summed E-state index contributed by atoms with van der Waals surface area (Å²) < 4.78 is 6.34. The highest BCUT2D eigenvalue weighted by molar-refractivity contribution is 6.04. The normalized spacial score (nSPS) is 21.5. The molecule has 0 saturated heterocycles. The number of esters is 1. The molecule has 4 aromatic carbocycles. The predicted molar refractivity (Wildman–Crippen MR) is 123 cm³/mol. The molecule has 2 unspecified atom stereocenters. The maximum atomic E-state index is 13.4. The van der Waals surface area contributed by atoms with Crippen molar-refractivity contribution in [2.24, 2.45) is 0 Å². The van der Waals surface area contributed by atoms with Crippen molar-refractivity contribution in [1.29, 1.82) is 0 Å². The van der Waals surface area contributed by atoms with Gasteiger partial charge in [0.05, 0.1) is 5.56 Å². The predicted octanol–water partition coefficient (Wildman–Crippen LogP) is 6.59. The van der Waals surface area contributed by atoms with Crippen LogP contribution < -0.4 is 0 Å². The molecule has 1 N–H and O–H groups in total. The van der Waals surface area contributed by atoms with E-state index >= 15 is 0 Å². The number of phenols is 1. The van der Waals surface area contributed by atoms with Gasteiger partial charge in [0.2, 0.25) is 0 Å². The van der Waals surface area contributed by atoms with Crippen LogP contribution in [0, 0.1) is 0 Å². The van der Waals surface area contributed by atoms with E-state index in [1.807, 2.05) is 54.6 Å². The second-order valence-corrected chi connectivity index (χ2v) is 8.90. The van der Waals surface area contributed by atoms with Crippen LogP contribution in [-0.4, -0.2) is 11.1 Å². The fourth-order valence-electron chi connectivity index (χ4n) is 5.87. The summed E-state index contributed by atoms with van der Waals surface area (Å²) in [5, 5.41) is 15.1. The smallest absolute Gasteiger partial charge is 0.339 e. The third kappa shape index (κ3) is 2.56. The summed E-state index contributed by atoms with van der Waals surface area (Å²) in [5.41, 5.74) is 3.14. The highest BCUT2D eigenvalue weighted by Gasteiger charge is 2.53. The summed E-state index contributed by atoms with van der Waals surface area (Å²) in [7, 11) is 0. The average Bonchev–Trinajstić information content (AvgIpc) is 3.35. The van der Waals surface area contributed by atoms with Crippen molar-refractivity contribution in [2.75, 3.05) is 0 Å². The van der Waals surface area contributed by atoms with E-state index in [-0.39, 0.29) is 11.9 Å². The molecule has 2 atom stereocenters. The van der Waals surface area contributed by atoms with Crippen molar-refractivity contribution in [3.63, 3.8) is 0 Å². The SMILES string of the molecule is CCc1cccc2c(O)c3c(cc12)C1(OC(=O)c2cccc4ccccc24)CCC3C1. The molecule has 154 valence electrons. The van der Waals surface area contributed by atoms with Crippen molar-refractivity contribution >= 4 is 27.5 Å². The van der Waals surface area contributed by atoms with Gasteiger partial charge in [-0.2, -0.15) is 0 Å². The summed E-state index contributed by atoms with van der Waals surface area (Å²) in [6.07, 6.45) is 3.38. The first kappa shape index (κ1) is 18.4. The molecule has 0 aliphatic heterocycles. The van der Waals surface area contributed by atoms with Gasteiger partial charge in [0.1, 0.15) is 11.4 Å². The molecule has 2 bridgehead atoms. The van der Waals surface area contributed by atoms with Crippen LogP contribution in [0.25, 0.3) is 21.5 Å². The number of benzene rings is 4. The number of phenolic OH excluding ortho intramolecular Hbond substituents is 1. The van der Waals surface area contributed by atoms with Gasteiger partial charge in [-0.1, -0.05) is 61.5 Å². The van der Waals surface area contributed by atoms with E-state index in [0.717, 1.165) is 58.4 Å². The molecule has 2 aliphatic carbocycles. The Hall–Kier alpha value is -3.33. The van der Waals surface area contributed by atoms with E-state index < -0.39 is 5.60 Å². The van der Waals surface area contributed by atoms with Crippen LogP contribution in [0.3, 0.4) is 0 Å². The number of carbonyl (C=O) groups is 1. The van der Waals surface area contributed by atoms with E-state index in [4.69, 9.17) is 4.74 Å². The molecule has 0 radical (unpaired) electrons. The van der Waals surface area contributed by atoms with Crippen LogP contribution in [0.5, 0.6) is 5.75 Å². The minimum absolute atomic E-state index is 0.241.